The lowest BCUT2D eigenvalue weighted by Crippen LogP contribution is -2.56. The second-order valence-corrected chi connectivity index (χ2v) is 11.1. The van der Waals surface area contributed by atoms with E-state index < -0.39 is 39.9 Å². The molecule has 12 heteroatoms. The second kappa shape index (κ2) is 13.2. The molecule has 0 bridgehead atoms. The van der Waals surface area contributed by atoms with E-state index in [9.17, 15) is 19.8 Å². The highest BCUT2D eigenvalue weighted by atomic mass is 28.4. The number of unbranched alkanes of at least 4 members (excludes halogenated alkanes) is 2. The molecule has 0 saturated carbocycles. The Morgan fingerprint density at radius 2 is 0.964 bits per heavy atom. The third-order valence-corrected chi connectivity index (χ3v) is 9.67. The van der Waals surface area contributed by atoms with E-state index in [1.54, 1.807) is 0 Å². The average Bonchev–Trinajstić information content (AvgIpc) is 2.68. The molecule has 0 heterocycles. The van der Waals surface area contributed by atoms with E-state index >= 15 is 0 Å². The topological polar surface area (TPSA) is 130 Å². The van der Waals surface area contributed by atoms with Crippen LogP contribution in [0.3, 0.4) is 0 Å². The first-order valence-corrected chi connectivity index (χ1v) is 12.4. The summed E-state index contributed by atoms with van der Waals surface area (Å²) < 4.78 is 32.7. The molecule has 0 amide bonds. The molecule has 0 aromatic rings. The van der Waals surface area contributed by atoms with Crippen LogP contribution in [0.5, 0.6) is 0 Å². The molecule has 164 valence electrons. The molecular weight excluding hydrogens is 408 g/mol. The van der Waals surface area contributed by atoms with E-state index in [2.05, 4.69) is 0 Å². The molecule has 0 aliphatic heterocycles. The normalized spacial score (nSPS) is 13.4. The summed E-state index contributed by atoms with van der Waals surface area (Å²) in [6.45, 7) is 4.13. The zero-order chi connectivity index (χ0) is 21.8. The maximum atomic E-state index is 12.2. The van der Waals surface area contributed by atoms with Crippen molar-refractivity contribution in [2.75, 3.05) is 41.7 Å². The van der Waals surface area contributed by atoms with Gasteiger partial charge in [-0.1, -0.05) is 26.7 Å². The molecule has 0 aliphatic carbocycles. The zero-order valence-corrected chi connectivity index (χ0v) is 19.4. The predicted molar refractivity (Wildman–Crippen MR) is 104 cm³/mol. The Labute approximate surface area is 168 Å². The van der Waals surface area contributed by atoms with Gasteiger partial charge >= 0.3 is 29.5 Å². The van der Waals surface area contributed by atoms with Gasteiger partial charge in [0.05, 0.1) is 0 Å². The van der Waals surface area contributed by atoms with Crippen LogP contribution in [0.2, 0.25) is 0 Å². The third kappa shape index (κ3) is 6.45. The maximum Gasteiger partial charge on any atom is 0.544 e. The van der Waals surface area contributed by atoms with Crippen molar-refractivity contribution in [3.63, 3.8) is 0 Å². The largest absolute Gasteiger partial charge is 0.544 e. The van der Waals surface area contributed by atoms with E-state index in [0.29, 0.717) is 12.8 Å². The zero-order valence-electron chi connectivity index (χ0n) is 17.4. The van der Waals surface area contributed by atoms with Crippen molar-refractivity contribution in [1.29, 1.82) is 0 Å². The Morgan fingerprint density at radius 1 is 0.679 bits per heavy atom. The summed E-state index contributed by atoms with van der Waals surface area (Å²) in [5.74, 6) is -3.12. The van der Waals surface area contributed by atoms with E-state index in [-0.39, 0.29) is 13.2 Å². The van der Waals surface area contributed by atoms with Crippen LogP contribution < -0.4 is 0 Å². The Morgan fingerprint density at radius 3 is 1.14 bits per heavy atom. The number of hydrogen-bond donors (Lipinski definition) is 2. The number of aliphatic carboxylic acids is 2. The summed E-state index contributed by atoms with van der Waals surface area (Å²) in [7, 11) is -3.34. The number of hydrogen-bond acceptors (Lipinski definition) is 8. The van der Waals surface area contributed by atoms with Gasteiger partial charge in [0.2, 0.25) is 0 Å². The standard InChI is InChI=1S/C16H32O10Si2/c1-7-9-11-25-27(21-3,22-4)13(15(17)18)14(16(19)20)28(23-5,24-6)26-12-10-8-2/h7-12H2,1-6H3,(H,17,18)(H,19,20). The summed E-state index contributed by atoms with van der Waals surface area (Å²) in [4.78, 5) is 24.4. The van der Waals surface area contributed by atoms with Crippen molar-refractivity contribution in [1.82, 2.24) is 0 Å². The van der Waals surface area contributed by atoms with Crippen LogP contribution in [0.15, 0.2) is 10.4 Å². The summed E-state index contributed by atoms with van der Waals surface area (Å²) in [6.07, 6.45) is 2.79. The van der Waals surface area contributed by atoms with Crippen molar-refractivity contribution in [2.24, 2.45) is 0 Å². The first-order chi connectivity index (χ1) is 13.3. The van der Waals surface area contributed by atoms with Crippen molar-refractivity contribution >= 4 is 29.5 Å². The van der Waals surface area contributed by atoms with Gasteiger partial charge in [-0.3, -0.25) is 0 Å². The van der Waals surface area contributed by atoms with E-state index in [1.165, 1.54) is 28.4 Å². The molecule has 0 aromatic heterocycles. The molecule has 28 heavy (non-hydrogen) atoms. The fraction of sp³-hybridized carbons (Fsp3) is 0.750. The number of rotatable bonds is 16. The van der Waals surface area contributed by atoms with Crippen LogP contribution in [0.4, 0.5) is 0 Å². The fourth-order valence-corrected chi connectivity index (χ4v) is 7.44. The molecular formula is C16H32O10Si2. The number of carbonyl (C=O) groups is 2. The van der Waals surface area contributed by atoms with Gasteiger partial charge in [-0.15, -0.1) is 0 Å². The highest BCUT2D eigenvalue weighted by Crippen LogP contribution is 2.30. The molecule has 0 unspecified atom stereocenters. The van der Waals surface area contributed by atoms with Gasteiger partial charge < -0.3 is 36.8 Å². The van der Waals surface area contributed by atoms with Gasteiger partial charge in [0.1, 0.15) is 10.4 Å². The molecule has 10 nitrogen and oxygen atoms in total. The summed E-state index contributed by atoms with van der Waals surface area (Å²) >= 11 is 0. The van der Waals surface area contributed by atoms with E-state index in [0.717, 1.165) is 12.8 Å². The predicted octanol–water partition coefficient (Wildman–Crippen LogP) is 1.63. The number of carboxylic acids is 2. The molecule has 0 aromatic carbocycles. The fourth-order valence-electron chi connectivity index (χ4n) is 2.44. The van der Waals surface area contributed by atoms with Gasteiger partial charge in [-0.05, 0) is 12.8 Å². The lowest BCUT2D eigenvalue weighted by atomic mass is 10.4. The monoisotopic (exact) mass is 440 g/mol. The van der Waals surface area contributed by atoms with Crippen molar-refractivity contribution in [3.8, 4) is 0 Å². The summed E-state index contributed by atoms with van der Waals surface area (Å²) in [6, 6.07) is 0. The highest BCUT2D eigenvalue weighted by Gasteiger charge is 2.59. The lowest BCUT2D eigenvalue weighted by Gasteiger charge is -2.32. The van der Waals surface area contributed by atoms with E-state index in [1.807, 2.05) is 13.8 Å². The average molecular weight is 441 g/mol. The quantitative estimate of drug-likeness (QED) is 0.207. The third-order valence-electron chi connectivity index (χ3n) is 3.94. The van der Waals surface area contributed by atoms with Crippen LogP contribution >= 0.6 is 0 Å². The maximum absolute atomic E-state index is 12.2. The minimum atomic E-state index is -4.09. The minimum absolute atomic E-state index is 0.138. The second-order valence-electron chi connectivity index (χ2n) is 5.69. The Kier molecular flexibility index (Phi) is 12.6. The van der Waals surface area contributed by atoms with Gasteiger partial charge in [-0.2, -0.15) is 0 Å². The molecule has 0 rings (SSSR count). The summed E-state index contributed by atoms with van der Waals surface area (Å²) in [5.41, 5.74) is 0. The molecule has 0 atom stereocenters. The van der Waals surface area contributed by atoms with Gasteiger partial charge in [0, 0.05) is 41.7 Å². The lowest BCUT2D eigenvalue weighted by molar-refractivity contribution is -0.136. The molecule has 0 aliphatic rings. The van der Waals surface area contributed by atoms with Crippen molar-refractivity contribution in [2.45, 2.75) is 39.5 Å². The van der Waals surface area contributed by atoms with Gasteiger partial charge in [0.15, 0.2) is 0 Å². The van der Waals surface area contributed by atoms with Crippen LogP contribution in [-0.2, 0) is 36.1 Å². The molecule has 2 N–H and O–H groups in total. The molecule has 0 saturated heterocycles. The number of carboxylic acid groups (broad SMARTS) is 2. The van der Waals surface area contributed by atoms with Crippen molar-refractivity contribution < 1.29 is 46.4 Å². The highest BCUT2D eigenvalue weighted by molar-refractivity contribution is 6.82. The van der Waals surface area contributed by atoms with Gasteiger partial charge in [0.25, 0.3) is 0 Å². The van der Waals surface area contributed by atoms with E-state index in [4.69, 9.17) is 26.6 Å². The van der Waals surface area contributed by atoms with Crippen LogP contribution in [-0.4, -0.2) is 81.4 Å². The first kappa shape index (κ1) is 26.9. The Balaban J connectivity index is 6.69. The van der Waals surface area contributed by atoms with Crippen LogP contribution in [0.25, 0.3) is 0 Å². The molecule has 0 radical (unpaired) electrons. The molecule has 0 fully saturated rings. The first-order valence-electron chi connectivity index (χ1n) is 8.95. The Bertz CT molecular complexity index is 484. The summed E-state index contributed by atoms with van der Waals surface area (Å²) in [5, 5.41) is 18.5. The molecule has 0 spiro atoms. The van der Waals surface area contributed by atoms with Crippen LogP contribution in [0, 0.1) is 0 Å². The van der Waals surface area contributed by atoms with Crippen LogP contribution in [0.1, 0.15) is 39.5 Å². The SMILES string of the molecule is CCCCO[Si](OC)(OC)C(C(=O)O)=C(C(=O)O)[Si](OC)(OC)OCCCC. The van der Waals surface area contributed by atoms with Crippen molar-refractivity contribution in [3.05, 3.63) is 10.4 Å². The Hall–Kier alpha value is -1.13. The minimum Gasteiger partial charge on any atom is -0.478 e. The van der Waals surface area contributed by atoms with Gasteiger partial charge in [-0.25, -0.2) is 9.59 Å². The smallest absolute Gasteiger partial charge is 0.478 e.